The van der Waals surface area contributed by atoms with Crippen LogP contribution in [0.3, 0.4) is 0 Å². The van der Waals surface area contributed by atoms with Crippen molar-refractivity contribution in [2.45, 2.75) is 6.92 Å². The molecule has 3 nitrogen and oxygen atoms in total. The van der Waals surface area contributed by atoms with Crippen molar-refractivity contribution in [2.24, 2.45) is 0 Å². The predicted octanol–water partition coefficient (Wildman–Crippen LogP) is 3.35. The molecule has 3 rings (SSSR count). The van der Waals surface area contributed by atoms with Crippen LogP contribution >= 0.6 is 0 Å². The fraction of sp³-hybridized carbons (Fsp3) is 0.0625. The third kappa shape index (κ3) is 2.10. The number of hydrogen-bond donors (Lipinski definition) is 1. The van der Waals surface area contributed by atoms with E-state index >= 15 is 0 Å². The number of fused-ring (bicyclic) bond motifs is 1. The van der Waals surface area contributed by atoms with Gasteiger partial charge in [0.1, 0.15) is 11.3 Å². The lowest BCUT2D eigenvalue weighted by atomic mass is 10.1. The van der Waals surface area contributed by atoms with E-state index in [4.69, 9.17) is 10.2 Å². The Bertz CT molecular complexity index is 801. The Morgan fingerprint density at radius 3 is 2.47 bits per heavy atom. The Balaban J connectivity index is 2.25. The molecule has 3 aromatic rings. The van der Waals surface area contributed by atoms with Crippen LogP contribution in [0.2, 0.25) is 0 Å². The Kier molecular flexibility index (Phi) is 2.60. The number of anilines is 1. The van der Waals surface area contributed by atoms with Crippen LogP contribution < -0.4 is 11.2 Å². The van der Waals surface area contributed by atoms with E-state index in [1.807, 2.05) is 31.2 Å². The summed E-state index contributed by atoms with van der Waals surface area (Å²) in [5.41, 5.74) is 8.81. The van der Waals surface area contributed by atoms with Gasteiger partial charge in [0.15, 0.2) is 5.43 Å². The van der Waals surface area contributed by atoms with E-state index in [-0.39, 0.29) is 5.43 Å². The first-order valence-corrected chi connectivity index (χ1v) is 6.04. The monoisotopic (exact) mass is 251 g/mol. The molecule has 0 aliphatic rings. The summed E-state index contributed by atoms with van der Waals surface area (Å²) in [6, 6.07) is 14.3. The lowest BCUT2D eigenvalue weighted by molar-refractivity contribution is 0.618. The zero-order chi connectivity index (χ0) is 13.4. The molecule has 0 saturated heterocycles. The minimum Gasteiger partial charge on any atom is -0.456 e. The summed E-state index contributed by atoms with van der Waals surface area (Å²) >= 11 is 0. The second kappa shape index (κ2) is 4.28. The molecule has 0 amide bonds. The minimum atomic E-state index is -0.0342. The maximum absolute atomic E-state index is 12.1. The van der Waals surface area contributed by atoms with Crippen LogP contribution in [0.5, 0.6) is 0 Å². The van der Waals surface area contributed by atoms with Crippen LogP contribution in [0.25, 0.3) is 22.3 Å². The van der Waals surface area contributed by atoms with Crippen LogP contribution in [0, 0.1) is 6.92 Å². The summed E-state index contributed by atoms with van der Waals surface area (Å²) in [6.45, 7) is 1.97. The van der Waals surface area contributed by atoms with Crippen molar-refractivity contribution in [3.8, 4) is 11.3 Å². The molecular weight excluding hydrogens is 238 g/mol. The largest absolute Gasteiger partial charge is 0.456 e. The molecule has 2 N–H and O–H groups in total. The van der Waals surface area contributed by atoms with Gasteiger partial charge in [-0.1, -0.05) is 6.07 Å². The molecule has 1 heterocycles. The van der Waals surface area contributed by atoms with Gasteiger partial charge in [0.05, 0.1) is 5.39 Å². The van der Waals surface area contributed by atoms with E-state index in [2.05, 4.69) is 0 Å². The number of hydrogen-bond acceptors (Lipinski definition) is 3. The maximum atomic E-state index is 12.1. The first-order chi connectivity index (χ1) is 9.13. The lowest BCUT2D eigenvalue weighted by Crippen LogP contribution is -2.00. The summed E-state index contributed by atoms with van der Waals surface area (Å²) in [7, 11) is 0. The van der Waals surface area contributed by atoms with E-state index in [0.29, 0.717) is 22.4 Å². The van der Waals surface area contributed by atoms with Crippen molar-refractivity contribution in [1.29, 1.82) is 0 Å². The van der Waals surface area contributed by atoms with Crippen LogP contribution in [-0.4, -0.2) is 0 Å². The molecule has 0 bridgehead atoms. The van der Waals surface area contributed by atoms with Gasteiger partial charge in [0.2, 0.25) is 0 Å². The number of benzene rings is 2. The third-order valence-corrected chi connectivity index (χ3v) is 3.08. The van der Waals surface area contributed by atoms with Crippen LogP contribution in [0.1, 0.15) is 5.56 Å². The van der Waals surface area contributed by atoms with Crippen LogP contribution in [0.4, 0.5) is 5.69 Å². The first-order valence-electron chi connectivity index (χ1n) is 6.04. The highest BCUT2D eigenvalue weighted by molar-refractivity contribution is 5.79. The number of nitrogens with two attached hydrogens (primary N) is 1. The van der Waals surface area contributed by atoms with Gasteiger partial charge in [-0.05, 0) is 48.9 Å². The average Bonchev–Trinajstić information content (AvgIpc) is 2.38. The molecule has 94 valence electrons. The molecule has 3 heteroatoms. The molecule has 0 spiro atoms. The van der Waals surface area contributed by atoms with Gasteiger partial charge in [-0.15, -0.1) is 0 Å². The Labute approximate surface area is 110 Å². The van der Waals surface area contributed by atoms with E-state index in [1.165, 1.54) is 6.07 Å². The molecule has 0 aliphatic carbocycles. The topological polar surface area (TPSA) is 56.2 Å². The molecule has 0 aliphatic heterocycles. The van der Waals surface area contributed by atoms with Gasteiger partial charge >= 0.3 is 0 Å². The molecule has 1 aromatic heterocycles. The Morgan fingerprint density at radius 1 is 1.00 bits per heavy atom. The maximum Gasteiger partial charge on any atom is 0.193 e. The highest BCUT2D eigenvalue weighted by atomic mass is 16.3. The predicted molar refractivity (Wildman–Crippen MR) is 77.1 cm³/mol. The van der Waals surface area contributed by atoms with Gasteiger partial charge in [-0.2, -0.15) is 0 Å². The summed E-state index contributed by atoms with van der Waals surface area (Å²) < 4.78 is 5.81. The summed E-state index contributed by atoms with van der Waals surface area (Å²) in [5.74, 6) is 0.558. The van der Waals surface area contributed by atoms with Gasteiger partial charge in [0.25, 0.3) is 0 Å². The summed E-state index contributed by atoms with van der Waals surface area (Å²) in [6.07, 6.45) is 0. The van der Waals surface area contributed by atoms with E-state index in [0.717, 1.165) is 11.1 Å². The second-order valence-corrected chi connectivity index (χ2v) is 4.60. The first kappa shape index (κ1) is 11.5. The lowest BCUT2D eigenvalue weighted by Gasteiger charge is -2.04. The molecule has 19 heavy (non-hydrogen) atoms. The highest BCUT2D eigenvalue weighted by Gasteiger charge is 2.06. The van der Waals surface area contributed by atoms with Gasteiger partial charge in [0, 0.05) is 17.3 Å². The highest BCUT2D eigenvalue weighted by Crippen LogP contribution is 2.23. The average molecular weight is 251 g/mol. The standard InChI is InChI=1S/C16H13NO2/c1-10-2-7-13-14(18)9-15(19-16(13)8-10)11-3-5-12(17)6-4-11/h2-9H,17H2,1H3. The normalized spacial score (nSPS) is 10.8. The zero-order valence-corrected chi connectivity index (χ0v) is 10.5. The molecular formula is C16H13NO2. The molecule has 0 fully saturated rings. The quantitative estimate of drug-likeness (QED) is 0.675. The molecule has 0 saturated carbocycles. The fourth-order valence-corrected chi connectivity index (χ4v) is 2.05. The smallest absolute Gasteiger partial charge is 0.193 e. The van der Waals surface area contributed by atoms with Crippen LogP contribution in [0.15, 0.2) is 57.7 Å². The molecule has 0 radical (unpaired) electrons. The molecule has 0 unspecified atom stereocenters. The van der Waals surface area contributed by atoms with Gasteiger partial charge < -0.3 is 10.2 Å². The summed E-state index contributed by atoms with van der Waals surface area (Å²) in [4.78, 5) is 12.1. The van der Waals surface area contributed by atoms with Crippen molar-refractivity contribution in [2.75, 3.05) is 5.73 Å². The Hall–Kier alpha value is -2.55. The fourth-order valence-electron chi connectivity index (χ4n) is 2.05. The van der Waals surface area contributed by atoms with Crippen molar-refractivity contribution in [1.82, 2.24) is 0 Å². The molecule has 0 atom stereocenters. The number of aryl methyl sites for hydroxylation is 1. The number of nitrogen functional groups attached to an aromatic ring is 1. The Morgan fingerprint density at radius 2 is 1.74 bits per heavy atom. The van der Waals surface area contributed by atoms with Crippen molar-refractivity contribution in [3.63, 3.8) is 0 Å². The number of rotatable bonds is 1. The zero-order valence-electron chi connectivity index (χ0n) is 10.5. The van der Waals surface area contributed by atoms with Crippen LogP contribution in [-0.2, 0) is 0 Å². The van der Waals surface area contributed by atoms with Crippen molar-refractivity contribution in [3.05, 3.63) is 64.3 Å². The SMILES string of the molecule is Cc1ccc2c(=O)cc(-c3ccc(N)cc3)oc2c1. The third-order valence-electron chi connectivity index (χ3n) is 3.08. The van der Waals surface area contributed by atoms with Crippen molar-refractivity contribution < 1.29 is 4.42 Å². The minimum absolute atomic E-state index is 0.0342. The molecule has 2 aromatic carbocycles. The van der Waals surface area contributed by atoms with Crippen molar-refractivity contribution >= 4 is 16.7 Å². The van der Waals surface area contributed by atoms with Gasteiger partial charge in [-0.3, -0.25) is 4.79 Å². The van der Waals surface area contributed by atoms with E-state index < -0.39 is 0 Å². The van der Waals surface area contributed by atoms with E-state index in [1.54, 1.807) is 18.2 Å². The summed E-state index contributed by atoms with van der Waals surface area (Å²) in [5, 5.41) is 0.602. The van der Waals surface area contributed by atoms with Gasteiger partial charge in [-0.25, -0.2) is 0 Å². The second-order valence-electron chi connectivity index (χ2n) is 4.60. The van der Waals surface area contributed by atoms with E-state index in [9.17, 15) is 4.79 Å².